The molecule has 0 bridgehead atoms. The zero-order valence-corrected chi connectivity index (χ0v) is 15.5. The van der Waals surface area contributed by atoms with Gasteiger partial charge in [-0.1, -0.05) is 23.7 Å². The van der Waals surface area contributed by atoms with Gasteiger partial charge in [-0.2, -0.15) is 0 Å². The standard InChI is InChI=1S/C20H24ClFN2O/c1-14-11-24-18(15(2)19(14)21)12-23-13-20(7-9-25-10-8-20)16-3-5-17(22)6-4-16/h3-6,11,23H,7-10,12-13H2,1-2H3. The summed E-state index contributed by atoms with van der Waals surface area (Å²) in [5, 5.41) is 4.33. The maximum absolute atomic E-state index is 13.3. The van der Waals surface area contributed by atoms with Gasteiger partial charge < -0.3 is 10.1 Å². The van der Waals surface area contributed by atoms with Crippen LogP contribution in [0.25, 0.3) is 0 Å². The van der Waals surface area contributed by atoms with Crippen LogP contribution in [-0.4, -0.2) is 24.7 Å². The maximum atomic E-state index is 13.3. The highest BCUT2D eigenvalue weighted by Crippen LogP contribution is 2.34. The topological polar surface area (TPSA) is 34.2 Å². The first-order valence-electron chi connectivity index (χ1n) is 8.67. The first-order chi connectivity index (χ1) is 12.0. The lowest BCUT2D eigenvalue weighted by atomic mass is 9.74. The SMILES string of the molecule is Cc1cnc(CNCC2(c3ccc(F)cc3)CCOCC2)c(C)c1Cl. The van der Waals surface area contributed by atoms with E-state index < -0.39 is 0 Å². The Morgan fingerprint density at radius 2 is 1.88 bits per heavy atom. The number of benzene rings is 1. The fourth-order valence-corrected chi connectivity index (χ4v) is 3.64. The van der Waals surface area contributed by atoms with Crippen LogP contribution < -0.4 is 5.32 Å². The summed E-state index contributed by atoms with van der Waals surface area (Å²) in [6.07, 6.45) is 3.66. The maximum Gasteiger partial charge on any atom is 0.123 e. The Labute approximate surface area is 153 Å². The number of aromatic nitrogens is 1. The Hall–Kier alpha value is -1.49. The van der Waals surface area contributed by atoms with Crippen molar-refractivity contribution in [1.82, 2.24) is 10.3 Å². The molecule has 3 nitrogen and oxygen atoms in total. The normalized spacial score (nSPS) is 16.8. The van der Waals surface area contributed by atoms with Crippen LogP contribution in [0.15, 0.2) is 30.5 Å². The van der Waals surface area contributed by atoms with Gasteiger partial charge in [0.25, 0.3) is 0 Å². The average molecular weight is 363 g/mol. The van der Waals surface area contributed by atoms with E-state index >= 15 is 0 Å². The Bertz CT molecular complexity index is 727. The number of hydrogen-bond acceptors (Lipinski definition) is 3. The Kier molecular flexibility index (Phi) is 5.72. The summed E-state index contributed by atoms with van der Waals surface area (Å²) < 4.78 is 18.9. The first kappa shape index (κ1) is 18.3. The molecule has 134 valence electrons. The zero-order valence-electron chi connectivity index (χ0n) is 14.7. The molecule has 0 spiro atoms. The second kappa shape index (κ2) is 7.81. The minimum Gasteiger partial charge on any atom is -0.381 e. The molecule has 1 aliphatic rings. The van der Waals surface area contributed by atoms with Gasteiger partial charge in [0, 0.05) is 42.9 Å². The number of pyridine rings is 1. The molecule has 0 aliphatic carbocycles. The summed E-state index contributed by atoms with van der Waals surface area (Å²) in [5.41, 5.74) is 4.12. The van der Waals surface area contributed by atoms with E-state index in [1.807, 2.05) is 32.2 Å². The number of nitrogens with zero attached hydrogens (tertiary/aromatic N) is 1. The van der Waals surface area contributed by atoms with Crippen LogP contribution in [0, 0.1) is 19.7 Å². The molecule has 0 saturated carbocycles. The van der Waals surface area contributed by atoms with Gasteiger partial charge in [-0.15, -0.1) is 0 Å². The number of nitrogens with one attached hydrogen (secondary N) is 1. The molecule has 3 rings (SSSR count). The van der Waals surface area contributed by atoms with Crippen molar-refractivity contribution in [2.75, 3.05) is 19.8 Å². The first-order valence-corrected chi connectivity index (χ1v) is 9.05. The van der Waals surface area contributed by atoms with Gasteiger partial charge in [0.2, 0.25) is 0 Å². The van der Waals surface area contributed by atoms with E-state index in [2.05, 4.69) is 10.3 Å². The molecule has 0 radical (unpaired) electrons. The zero-order chi connectivity index (χ0) is 17.9. The van der Waals surface area contributed by atoms with Gasteiger partial charge in [-0.3, -0.25) is 4.98 Å². The van der Waals surface area contributed by atoms with E-state index in [-0.39, 0.29) is 11.2 Å². The third-order valence-electron chi connectivity index (χ3n) is 5.18. The Morgan fingerprint density at radius 3 is 2.56 bits per heavy atom. The molecule has 0 atom stereocenters. The fraction of sp³-hybridized carbons (Fsp3) is 0.450. The Balaban J connectivity index is 1.74. The molecule has 1 fully saturated rings. The van der Waals surface area contributed by atoms with Gasteiger partial charge in [0.05, 0.1) is 5.69 Å². The number of aryl methyl sites for hydroxylation is 1. The van der Waals surface area contributed by atoms with E-state index in [0.29, 0.717) is 6.54 Å². The fourth-order valence-electron chi connectivity index (χ4n) is 3.48. The van der Waals surface area contributed by atoms with Crippen molar-refractivity contribution >= 4 is 11.6 Å². The molecular formula is C20H24ClFN2O. The molecule has 1 saturated heterocycles. The third-order valence-corrected chi connectivity index (χ3v) is 5.77. The van der Waals surface area contributed by atoms with Crippen LogP contribution in [0.5, 0.6) is 0 Å². The van der Waals surface area contributed by atoms with Gasteiger partial charge >= 0.3 is 0 Å². The summed E-state index contributed by atoms with van der Waals surface area (Å²) in [5.74, 6) is -0.201. The molecular weight excluding hydrogens is 339 g/mol. The molecule has 5 heteroatoms. The molecule has 2 heterocycles. The van der Waals surface area contributed by atoms with Crippen molar-refractivity contribution in [3.05, 3.63) is 63.7 Å². The second-order valence-electron chi connectivity index (χ2n) is 6.83. The molecule has 1 N–H and O–H groups in total. The number of ether oxygens (including phenoxy) is 1. The predicted molar refractivity (Wildman–Crippen MR) is 98.6 cm³/mol. The van der Waals surface area contributed by atoms with E-state index in [9.17, 15) is 4.39 Å². The molecule has 25 heavy (non-hydrogen) atoms. The molecule has 0 unspecified atom stereocenters. The minimum absolute atomic E-state index is 0.0334. The van der Waals surface area contributed by atoms with Gasteiger partial charge in [-0.05, 0) is 55.5 Å². The lowest BCUT2D eigenvalue weighted by Crippen LogP contribution is -2.42. The van der Waals surface area contributed by atoms with Crippen LogP contribution in [0.2, 0.25) is 5.02 Å². The molecule has 1 aliphatic heterocycles. The quantitative estimate of drug-likeness (QED) is 0.859. The molecule has 2 aromatic rings. The molecule has 1 aromatic carbocycles. The highest BCUT2D eigenvalue weighted by atomic mass is 35.5. The van der Waals surface area contributed by atoms with E-state index in [1.165, 1.54) is 12.1 Å². The van der Waals surface area contributed by atoms with E-state index in [1.54, 1.807) is 0 Å². The van der Waals surface area contributed by atoms with Crippen LogP contribution >= 0.6 is 11.6 Å². The van der Waals surface area contributed by atoms with Crippen LogP contribution in [0.1, 0.15) is 35.2 Å². The van der Waals surface area contributed by atoms with Crippen LogP contribution in [0.4, 0.5) is 4.39 Å². The number of rotatable bonds is 5. The molecule has 0 amide bonds. The number of hydrogen-bond donors (Lipinski definition) is 1. The largest absolute Gasteiger partial charge is 0.381 e. The van der Waals surface area contributed by atoms with Gasteiger partial charge in [-0.25, -0.2) is 4.39 Å². The van der Waals surface area contributed by atoms with Gasteiger partial charge in [0.15, 0.2) is 0 Å². The van der Waals surface area contributed by atoms with E-state index in [0.717, 1.165) is 60.0 Å². The summed E-state index contributed by atoms with van der Waals surface area (Å²) in [6.45, 7) is 6.89. The van der Waals surface area contributed by atoms with Crippen molar-refractivity contribution < 1.29 is 9.13 Å². The summed E-state index contributed by atoms with van der Waals surface area (Å²) in [7, 11) is 0. The minimum atomic E-state index is -0.201. The van der Waals surface area contributed by atoms with Crippen molar-refractivity contribution in [3.8, 4) is 0 Å². The monoisotopic (exact) mass is 362 g/mol. The highest BCUT2D eigenvalue weighted by Gasteiger charge is 2.34. The summed E-state index contributed by atoms with van der Waals surface area (Å²) in [4.78, 5) is 4.51. The number of halogens is 2. The van der Waals surface area contributed by atoms with E-state index in [4.69, 9.17) is 16.3 Å². The summed E-state index contributed by atoms with van der Waals surface area (Å²) >= 11 is 6.33. The van der Waals surface area contributed by atoms with Crippen molar-refractivity contribution in [2.24, 2.45) is 0 Å². The predicted octanol–water partition coefficient (Wildman–Crippen LogP) is 4.33. The van der Waals surface area contributed by atoms with Crippen molar-refractivity contribution in [3.63, 3.8) is 0 Å². The second-order valence-corrected chi connectivity index (χ2v) is 7.21. The highest BCUT2D eigenvalue weighted by molar-refractivity contribution is 6.32. The Morgan fingerprint density at radius 1 is 1.20 bits per heavy atom. The summed E-state index contributed by atoms with van der Waals surface area (Å²) in [6, 6.07) is 6.87. The van der Waals surface area contributed by atoms with Crippen LogP contribution in [0.3, 0.4) is 0 Å². The third kappa shape index (κ3) is 4.02. The van der Waals surface area contributed by atoms with Crippen LogP contribution in [-0.2, 0) is 16.7 Å². The lowest BCUT2D eigenvalue weighted by molar-refractivity contribution is 0.0497. The lowest BCUT2D eigenvalue weighted by Gasteiger charge is -2.38. The average Bonchev–Trinajstić information content (AvgIpc) is 2.63. The van der Waals surface area contributed by atoms with Crippen molar-refractivity contribution in [1.29, 1.82) is 0 Å². The van der Waals surface area contributed by atoms with Crippen molar-refractivity contribution in [2.45, 2.75) is 38.6 Å². The smallest absolute Gasteiger partial charge is 0.123 e. The van der Waals surface area contributed by atoms with Gasteiger partial charge in [0.1, 0.15) is 5.82 Å². The molecule has 1 aromatic heterocycles.